The van der Waals surface area contributed by atoms with Crippen LogP contribution in [-0.4, -0.2) is 14.7 Å². The molecule has 1 aliphatic rings. The average Bonchev–Trinajstić information content (AvgIpc) is 3.02. The minimum Gasteiger partial charge on any atom is -0.494 e. The topological polar surface area (TPSA) is 70.4 Å². The predicted octanol–water partition coefficient (Wildman–Crippen LogP) is 2.06. The number of nitrogens with zero attached hydrogens (tertiary/aromatic N) is 2. The van der Waals surface area contributed by atoms with E-state index in [0.717, 1.165) is 10.6 Å². The lowest BCUT2D eigenvalue weighted by molar-refractivity contribution is 0.432. The first kappa shape index (κ1) is 15.3. The van der Waals surface area contributed by atoms with Gasteiger partial charge in [-0.3, -0.25) is 14.3 Å². The van der Waals surface area contributed by atoms with Gasteiger partial charge in [-0.05, 0) is 42.6 Å². The van der Waals surface area contributed by atoms with Crippen molar-refractivity contribution in [2.45, 2.75) is 0 Å². The third-order valence-corrected chi connectivity index (χ3v) is 4.20. The first-order chi connectivity index (χ1) is 12.1. The number of benzene rings is 2. The number of aromatic nitrogens is 2. The maximum atomic E-state index is 12.3. The van der Waals surface area contributed by atoms with E-state index in [1.165, 1.54) is 4.57 Å². The number of nitrogens with one attached hydrogen (secondary N) is 1. The lowest BCUT2D eigenvalue weighted by atomic mass is 10.2. The van der Waals surface area contributed by atoms with Crippen molar-refractivity contribution < 1.29 is 5.11 Å². The summed E-state index contributed by atoms with van der Waals surface area (Å²) in [5.41, 5.74) is 0.914. The summed E-state index contributed by atoms with van der Waals surface area (Å²) in [6.45, 7) is 0. The average molecular weight is 347 g/mol. The van der Waals surface area contributed by atoms with Crippen LogP contribution in [0.5, 0.6) is 5.88 Å². The molecule has 2 heterocycles. The van der Waals surface area contributed by atoms with Crippen LogP contribution in [0, 0.1) is 4.77 Å². The van der Waals surface area contributed by atoms with E-state index in [0.29, 0.717) is 11.4 Å². The van der Waals surface area contributed by atoms with Crippen molar-refractivity contribution in [3.05, 3.63) is 91.6 Å². The molecule has 0 saturated heterocycles. The van der Waals surface area contributed by atoms with Gasteiger partial charge in [0.25, 0.3) is 5.56 Å². The SMILES string of the molecule is O=c1[nH]c(=S)n(-c2ccccc2)c(O)c1/C=C1\C=c2ccccc2=N1. The molecule has 1 aromatic heterocycles. The summed E-state index contributed by atoms with van der Waals surface area (Å²) < 4.78 is 1.55. The van der Waals surface area contributed by atoms with Gasteiger partial charge >= 0.3 is 0 Å². The Balaban J connectivity index is 1.93. The van der Waals surface area contributed by atoms with Crippen LogP contribution in [0.3, 0.4) is 0 Å². The second-order valence-corrected chi connectivity index (χ2v) is 5.94. The van der Waals surface area contributed by atoms with E-state index in [2.05, 4.69) is 9.98 Å². The minimum atomic E-state index is -0.457. The molecular formula is C19H13N3O2S. The van der Waals surface area contributed by atoms with Crippen molar-refractivity contribution in [2.75, 3.05) is 0 Å². The molecule has 6 heteroatoms. The first-order valence-electron chi connectivity index (χ1n) is 7.64. The standard InChI is InChI=1S/C19H13N3O2S/c23-17-15(11-13-10-12-6-4-5-9-16(12)20-13)18(24)22(19(25)21-17)14-7-2-1-3-8-14/h1-11,24H,(H,21,23,25)/b13-11+. The minimum absolute atomic E-state index is 0.111. The molecule has 0 fully saturated rings. The molecule has 122 valence electrons. The van der Waals surface area contributed by atoms with Gasteiger partial charge in [0, 0.05) is 5.22 Å². The van der Waals surface area contributed by atoms with Crippen LogP contribution in [0.15, 0.2) is 70.1 Å². The molecule has 0 aliphatic carbocycles. The van der Waals surface area contributed by atoms with Crippen LogP contribution in [0.1, 0.15) is 5.56 Å². The maximum absolute atomic E-state index is 12.3. The molecule has 0 unspecified atom stereocenters. The number of fused-ring (bicyclic) bond motifs is 1. The highest BCUT2D eigenvalue weighted by molar-refractivity contribution is 7.71. The van der Waals surface area contributed by atoms with Crippen LogP contribution < -0.4 is 16.1 Å². The zero-order valence-electron chi connectivity index (χ0n) is 13.0. The smallest absolute Gasteiger partial charge is 0.262 e. The number of rotatable bonds is 2. The lowest BCUT2D eigenvalue weighted by Crippen LogP contribution is -2.19. The third-order valence-electron chi connectivity index (χ3n) is 3.92. The Hall–Kier alpha value is -3.25. The Morgan fingerprint density at radius 3 is 2.56 bits per heavy atom. The Bertz CT molecular complexity index is 1200. The van der Waals surface area contributed by atoms with Gasteiger partial charge in [0.1, 0.15) is 5.56 Å². The zero-order valence-corrected chi connectivity index (χ0v) is 13.8. The summed E-state index contributed by atoms with van der Waals surface area (Å²) >= 11 is 5.20. The fourth-order valence-electron chi connectivity index (χ4n) is 2.75. The summed E-state index contributed by atoms with van der Waals surface area (Å²) in [6, 6.07) is 16.8. The maximum Gasteiger partial charge on any atom is 0.262 e. The quantitative estimate of drug-likeness (QED) is 0.697. The normalized spacial score (nSPS) is 14.0. The zero-order chi connectivity index (χ0) is 17.4. The Morgan fingerprint density at radius 2 is 1.80 bits per heavy atom. The highest BCUT2D eigenvalue weighted by atomic mass is 32.1. The van der Waals surface area contributed by atoms with Gasteiger partial charge in [0.15, 0.2) is 4.77 Å². The number of aromatic amines is 1. The molecule has 1 aliphatic heterocycles. The molecule has 0 saturated carbocycles. The van der Waals surface area contributed by atoms with Gasteiger partial charge in [0.2, 0.25) is 5.88 Å². The van der Waals surface area contributed by atoms with Crippen molar-refractivity contribution in [1.29, 1.82) is 0 Å². The number of hydrogen-bond acceptors (Lipinski definition) is 4. The largest absolute Gasteiger partial charge is 0.494 e. The van der Waals surface area contributed by atoms with Gasteiger partial charge in [-0.25, -0.2) is 4.99 Å². The number of H-pyrrole nitrogens is 1. The van der Waals surface area contributed by atoms with E-state index in [1.807, 2.05) is 48.5 Å². The van der Waals surface area contributed by atoms with Crippen molar-refractivity contribution in [1.82, 2.24) is 9.55 Å². The predicted molar refractivity (Wildman–Crippen MR) is 98.6 cm³/mol. The van der Waals surface area contributed by atoms with Crippen molar-refractivity contribution >= 4 is 24.4 Å². The van der Waals surface area contributed by atoms with Crippen molar-refractivity contribution in [3.8, 4) is 11.6 Å². The molecule has 0 radical (unpaired) electrons. The van der Waals surface area contributed by atoms with Crippen LogP contribution in [-0.2, 0) is 0 Å². The van der Waals surface area contributed by atoms with E-state index in [-0.39, 0.29) is 16.2 Å². The number of allylic oxidation sites excluding steroid dienone is 1. The molecule has 4 rings (SSSR count). The summed E-state index contributed by atoms with van der Waals surface area (Å²) in [7, 11) is 0. The second-order valence-electron chi connectivity index (χ2n) is 5.55. The highest BCUT2D eigenvalue weighted by Gasteiger charge is 2.13. The van der Waals surface area contributed by atoms with Crippen LogP contribution >= 0.6 is 12.2 Å². The lowest BCUT2D eigenvalue weighted by Gasteiger charge is -2.11. The van der Waals surface area contributed by atoms with Gasteiger partial charge in [-0.15, -0.1) is 0 Å². The van der Waals surface area contributed by atoms with E-state index in [4.69, 9.17) is 12.2 Å². The second kappa shape index (κ2) is 5.99. The van der Waals surface area contributed by atoms with Crippen LogP contribution in [0.25, 0.3) is 17.8 Å². The van der Waals surface area contributed by atoms with Gasteiger partial charge in [-0.2, -0.15) is 0 Å². The van der Waals surface area contributed by atoms with Crippen LogP contribution in [0.2, 0.25) is 0 Å². The molecule has 5 nitrogen and oxygen atoms in total. The van der Waals surface area contributed by atoms with Gasteiger partial charge < -0.3 is 5.11 Å². The van der Waals surface area contributed by atoms with E-state index >= 15 is 0 Å². The number of para-hydroxylation sites is 2. The van der Waals surface area contributed by atoms with Crippen molar-refractivity contribution in [2.24, 2.45) is 4.99 Å². The third kappa shape index (κ3) is 2.72. The van der Waals surface area contributed by atoms with E-state index in [1.54, 1.807) is 18.2 Å². The van der Waals surface area contributed by atoms with Gasteiger partial charge in [0.05, 0.1) is 16.7 Å². The summed E-state index contributed by atoms with van der Waals surface area (Å²) in [5.74, 6) is -0.216. The van der Waals surface area contributed by atoms with Crippen molar-refractivity contribution in [3.63, 3.8) is 0 Å². The number of hydrogen-bond donors (Lipinski definition) is 2. The van der Waals surface area contributed by atoms with Crippen LogP contribution in [0.4, 0.5) is 0 Å². The van der Waals surface area contributed by atoms with E-state index in [9.17, 15) is 9.90 Å². The Labute approximate surface area is 147 Å². The van der Waals surface area contributed by atoms with E-state index < -0.39 is 5.56 Å². The summed E-state index contributed by atoms with van der Waals surface area (Å²) in [6.07, 6.45) is 3.42. The number of aromatic hydroxyl groups is 1. The molecule has 2 N–H and O–H groups in total. The molecule has 0 atom stereocenters. The Morgan fingerprint density at radius 1 is 1.08 bits per heavy atom. The molecular weight excluding hydrogens is 334 g/mol. The molecule has 0 amide bonds. The Kier molecular flexibility index (Phi) is 3.66. The fraction of sp³-hybridized carbons (Fsp3) is 0. The van der Waals surface area contributed by atoms with Gasteiger partial charge in [-0.1, -0.05) is 36.4 Å². The summed E-state index contributed by atoms with van der Waals surface area (Å²) in [5, 5.41) is 12.5. The highest BCUT2D eigenvalue weighted by Crippen LogP contribution is 2.21. The molecule has 2 aromatic carbocycles. The monoisotopic (exact) mass is 347 g/mol. The molecule has 25 heavy (non-hydrogen) atoms. The molecule has 0 spiro atoms. The molecule has 0 bridgehead atoms. The fourth-order valence-corrected chi connectivity index (χ4v) is 3.03. The first-order valence-corrected chi connectivity index (χ1v) is 8.05. The molecule has 3 aromatic rings. The summed E-state index contributed by atoms with van der Waals surface area (Å²) in [4.78, 5) is 19.4.